The largest absolute Gasteiger partial charge is 0.356 e. The van der Waals surface area contributed by atoms with Gasteiger partial charge in [0.05, 0.1) is 12.4 Å². The topological polar surface area (TPSA) is 53.9 Å². The molecule has 3 heterocycles. The zero-order chi connectivity index (χ0) is 20.0. The second-order valence-corrected chi connectivity index (χ2v) is 7.78. The smallest absolute Gasteiger partial charge is 0.238 e. The van der Waals surface area contributed by atoms with E-state index in [4.69, 9.17) is 11.6 Å². The zero-order valence-corrected chi connectivity index (χ0v) is 16.8. The first kappa shape index (κ1) is 18.0. The van der Waals surface area contributed by atoms with E-state index in [0.29, 0.717) is 0 Å². The quantitative estimate of drug-likeness (QED) is 0.513. The Morgan fingerprint density at radius 1 is 1.21 bits per heavy atom. The molecule has 29 heavy (non-hydrogen) atoms. The number of carbonyl (C=O) groups is 1. The summed E-state index contributed by atoms with van der Waals surface area (Å²) in [5.41, 5.74) is 5.56. The lowest BCUT2D eigenvalue weighted by Gasteiger charge is -2.40. The summed E-state index contributed by atoms with van der Waals surface area (Å²) in [4.78, 5) is 22.4. The van der Waals surface area contributed by atoms with Gasteiger partial charge in [-0.3, -0.25) is 4.79 Å². The molecule has 0 fully saturated rings. The number of halogens is 1. The summed E-state index contributed by atoms with van der Waals surface area (Å²) < 4.78 is 1.96. The number of fused-ring (bicyclic) bond motifs is 3. The molecule has 6 heteroatoms. The number of para-hydroxylation sites is 1. The van der Waals surface area contributed by atoms with Gasteiger partial charge >= 0.3 is 0 Å². The van der Waals surface area contributed by atoms with Crippen molar-refractivity contribution in [1.29, 1.82) is 0 Å². The molecule has 1 amide bonds. The van der Waals surface area contributed by atoms with Crippen molar-refractivity contribution in [2.45, 2.75) is 25.4 Å². The first-order chi connectivity index (χ1) is 14.2. The van der Waals surface area contributed by atoms with E-state index < -0.39 is 0 Å². The lowest BCUT2D eigenvalue weighted by atomic mass is 9.88. The number of aromatic nitrogens is 3. The molecule has 1 aliphatic heterocycles. The first-order valence-corrected chi connectivity index (χ1v) is 10.3. The fraction of sp³-hybridized carbons (Fsp3) is 0.217. The second kappa shape index (κ2) is 7.08. The van der Waals surface area contributed by atoms with Gasteiger partial charge in [0, 0.05) is 40.7 Å². The van der Waals surface area contributed by atoms with Gasteiger partial charge in [0.15, 0.2) is 0 Å². The highest BCUT2D eigenvalue weighted by atomic mass is 35.5. The van der Waals surface area contributed by atoms with E-state index in [9.17, 15) is 4.79 Å². The number of hydrogen-bond donors (Lipinski definition) is 1. The molecule has 2 atom stereocenters. The Morgan fingerprint density at radius 2 is 2.00 bits per heavy atom. The van der Waals surface area contributed by atoms with E-state index in [2.05, 4.69) is 59.4 Å². The van der Waals surface area contributed by atoms with E-state index in [0.717, 1.165) is 28.9 Å². The number of nitrogens with zero attached hydrogens (tertiary/aromatic N) is 3. The van der Waals surface area contributed by atoms with Gasteiger partial charge in [-0.05, 0) is 42.7 Å². The minimum Gasteiger partial charge on any atom is -0.356 e. The molecular weight excluding hydrogens is 384 g/mol. The van der Waals surface area contributed by atoms with Crippen molar-refractivity contribution in [2.24, 2.45) is 0 Å². The van der Waals surface area contributed by atoms with Gasteiger partial charge in [-0.1, -0.05) is 30.3 Å². The van der Waals surface area contributed by atoms with E-state index in [-0.39, 0.29) is 23.9 Å². The summed E-state index contributed by atoms with van der Waals surface area (Å²) in [5, 5.41) is 1.23. The predicted molar refractivity (Wildman–Crippen MR) is 114 cm³/mol. The van der Waals surface area contributed by atoms with Crippen molar-refractivity contribution >= 4 is 28.4 Å². The SMILES string of the molecule is C[C@H]1Cc2c([nH]c3ccccc23)C(c2ccc(-n3ccnc3)cc2)N1C(=O)CCl. The number of benzene rings is 2. The van der Waals surface area contributed by atoms with Crippen LogP contribution in [0.4, 0.5) is 0 Å². The Morgan fingerprint density at radius 3 is 2.72 bits per heavy atom. The summed E-state index contributed by atoms with van der Waals surface area (Å²) in [6, 6.07) is 16.5. The van der Waals surface area contributed by atoms with Crippen LogP contribution in [0.1, 0.15) is 29.8 Å². The Balaban J connectivity index is 1.66. The minimum absolute atomic E-state index is 0.0243. The first-order valence-electron chi connectivity index (χ1n) is 9.72. The molecule has 2 aromatic heterocycles. The normalized spacial score (nSPS) is 18.8. The van der Waals surface area contributed by atoms with Gasteiger partial charge in [-0.25, -0.2) is 4.98 Å². The number of aromatic amines is 1. The number of carbonyl (C=O) groups excluding carboxylic acids is 1. The highest BCUT2D eigenvalue weighted by molar-refractivity contribution is 6.27. The number of amides is 1. The fourth-order valence-electron chi connectivity index (χ4n) is 4.49. The maximum absolute atomic E-state index is 12.8. The average molecular weight is 405 g/mol. The number of nitrogens with one attached hydrogen (secondary N) is 1. The summed E-state index contributed by atoms with van der Waals surface area (Å²) >= 11 is 5.99. The molecule has 5 nitrogen and oxygen atoms in total. The highest BCUT2D eigenvalue weighted by Gasteiger charge is 2.38. The molecule has 0 saturated heterocycles. The van der Waals surface area contributed by atoms with Crippen LogP contribution in [0.15, 0.2) is 67.3 Å². The summed E-state index contributed by atoms with van der Waals surface area (Å²) in [6.07, 6.45) is 6.26. The number of imidazole rings is 1. The minimum atomic E-state index is -0.191. The van der Waals surface area contributed by atoms with Crippen molar-refractivity contribution in [2.75, 3.05) is 5.88 Å². The van der Waals surface area contributed by atoms with Crippen molar-refractivity contribution < 1.29 is 4.79 Å². The Bertz CT molecular complexity index is 1160. The molecule has 0 radical (unpaired) electrons. The van der Waals surface area contributed by atoms with Gasteiger partial charge in [0.1, 0.15) is 5.88 Å². The third-order valence-electron chi connectivity index (χ3n) is 5.79. The number of rotatable bonds is 3. The van der Waals surface area contributed by atoms with Crippen LogP contribution >= 0.6 is 11.6 Å². The van der Waals surface area contributed by atoms with Crippen molar-refractivity contribution in [3.63, 3.8) is 0 Å². The van der Waals surface area contributed by atoms with Gasteiger partial charge in [0.25, 0.3) is 0 Å². The lowest BCUT2D eigenvalue weighted by molar-refractivity contribution is -0.133. The standard InChI is InChI=1S/C23H21ClN4O/c1-15-12-19-18-4-2-3-5-20(18)26-22(19)23(28(15)21(29)13-24)16-6-8-17(9-7-16)27-11-10-25-14-27/h2-11,14-15,23,26H,12-13H2,1H3/t15-,23?/m0/s1. The Kier molecular flexibility index (Phi) is 4.40. The van der Waals surface area contributed by atoms with Crippen molar-refractivity contribution in [3.05, 3.63) is 84.1 Å². The summed E-state index contributed by atoms with van der Waals surface area (Å²) in [5.74, 6) is -0.0732. The summed E-state index contributed by atoms with van der Waals surface area (Å²) in [6.45, 7) is 2.10. The molecule has 2 aromatic carbocycles. The zero-order valence-electron chi connectivity index (χ0n) is 16.0. The fourth-order valence-corrected chi connectivity index (χ4v) is 4.63. The van der Waals surface area contributed by atoms with E-state index >= 15 is 0 Å². The van der Waals surface area contributed by atoms with Crippen molar-refractivity contribution in [3.8, 4) is 5.69 Å². The molecule has 4 aromatic rings. The van der Waals surface area contributed by atoms with Crippen LogP contribution in [-0.2, 0) is 11.2 Å². The van der Waals surface area contributed by atoms with Gasteiger partial charge in [-0.15, -0.1) is 11.6 Å². The second-order valence-electron chi connectivity index (χ2n) is 7.51. The Labute approximate surface area is 173 Å². The monoisotopic (exact) mass is 404 g/mol. The molecule has 146 valence electrons. The number of H-pyrrole nitrogens is 1. The van der Waals surface area contributed by atoms with Crippen LogP contribution in [0.5, 0.6) is 0 Å². The third-order valence-corrected chi connectivity index (χ3v) is 6.01. The highest BCUT2D eigenvalue weighted by Crippen LogP contribution is 2.41. The maximum Gasteiger partial charge on any atom is 0.238 e. The number of alkyl halides is 1. The average Bonchev–Trinajstić information content (AvgIpc) is 3.41. The lowest BCUT2D eigenvalue weighted by Crippen LogP contribution is -2.46. The molecule has 0 saturated carbocycles. The third kappa shape index (κ3) is 2.93. The predicted octanol–water partition coefficient (Wildman–Crippen LogP) is 4.46. The molecule has 1 aliphatic rings. The van der Waals surface area contributed by atoms with Crippen LogP contribution in [0.25, 0.3) is 16.6 Å². The number of hydrogen-bond acceptors (Lipinski definition) is 2. The van der Waals surface area contributed by atoms with E-state index in [1.165, 1.54) is 10.9 Å². The van der Waals surface area contributed by atoms with E-state index in [1.54, 1.807) is 12.5 Å². The molecule has 0 bridgehead atoms. The Hall–Kier alpha value is -3.05. The van der Waals surface area contributed by atoms with Crippen LogP contribution in [0.2, 0.25) is 0 Å². The van der Waals surface area contributed by atoms with Crippen LogP contribution in [0, 0.1) is 0 Å². The van der Waals surface area contributed by atoms with Gasteiger partial charge < -0.3 is 14.5 Å². The molecule has 0 spiro atoms. The van der Waals surface area contributed by atoms with Crippen LogP contribution < -0.4 is 0 Å². The molecule has 1 unspecified atom stereocenters. The molecule has 0 aliphatic carbocycles. The van der Waals surface area contributed by atoms with Gasteiger partial charge in [-0.2, -0.15) is 0 Å². The van der Waals surface area contributed by atoms with Gasteiger partial charge in [0.2, 0.25) is 5.91 Å². The maximum atomic E-state index is 12.8. The molecule has 1 N–H and O–H groups in total. The summed E-state index contributed by atoms with van der Waals surface area (Å²) in [7, 11) is 0. The van der Waals surface area contributed by atoms with E-state index in [1.807, 2.05) is 21.7 Å². The molecule has 5 rings (SSSR count). The molecular formula is C23H21ClN4O. The van der Waals surface area contributed by atoms with Crippen LogP contribution in [0.3, 0.4) is 0 Å². The van der Waals surface area contributed by atoms with Crippen LogP contribution in [-0.4, -0.2) is 37.3 Å². The van der Waals surface area contributed by atoms with Crippen molar-refractivity contribution in [1.82, 2.24) is 19.4 Å².